The number of halogens is 6. The largest absolute Gasteiger partial charge is 0.767 e. The minimum Gasteiger partial charge on any atom is -0.767 e. The summed E-state index contributed by atoms with van der Waals surface area (Å²) in [5.41, 5.74) is 0.282. The van der Waals surface area contributed by atoms with E-state index in [1.54, 1.807) is 12.1 Å². The van der Waals surface area contributed by atoms with Crippen LogP contribution in [0.5, 0.6) is 6.01 Å². The molecule has 3 rings (SSSR count). The van der Waals surface area contributed by atoms with Crippen molar-refractivity contribution in [3.8, 4) is 17.3 Å². The summed E-state index contributed by atoms with van der Waals surface area (Å²) in [7, 11) is 0. The Bertz CT molecular complexity index is 1230. The van der Waals surface area contributed by atoms with E-state index < -0.39 is 35.8 Å². The van der Waals surface area contributed by atoms with Crippen LogP contribution in [0.2, 0.25) is 0 Å². The minimum atomic E-state index is -5.79. The molecule has 15 heteroatoms. The zero-order valence-corrected chi connectivity index (χ0v) is 18.5. The molecule has 3 aromatic rings. The predicted molar refractivity (Wildman–Crippen MR) is 104 cm³/mol. The second kappa shape index (κ2) is 8.52. The molecular weight excluding hydrogens is 535 g/mol. The number of nitrogens with zero attached hydrogens (tertiary/aromatic N) is 4. The van der Waals surface area contributed by atoms with Gasteiger partial charge in [-0.25, -0.2) is 9.97 Å². The topological polar surface area (TPSA) is 84.5 Å². The summed E-state index contributed by atoms with van der Waals surface area (Å²) in [5, 5.41) is -0.232. The molecule has 1 unspecified atom stereocenters. The van der Waals surface area contributed by atoms with Crippen LogP contribution < -0.4 is 4.74 Å². The Kier molecular flexibility index (Phi) is 6.51. The molecule has 3 aromatic heterocycles. The Hall–Kier alpha value is -1.97. The molecule has 0 aliphatic carbocycles. The highest BCUT2D eigenvalue weighted by Gasteiger charge is 2.58. The van der Waals surface area contributed by atoms with E-state index in [2.05, 4.69) is 30.6 Å². The monoisotopic (exact) mass is 545 g/mol. The van der Waals surface area contributed by atoms with Crippen molar-refractivity contribution >= 4 is 44.9 Å². The highest BCUT2D eigenvalue weighted by molar-refractivity contribution is 9.10. The van der Waals surface area contributed by atoms with Crippen LogP contribution in [-0.4, -0.2) is 46.4 Å². The molecule has 31 heavy (non-hydrogen) atoms. The third kappa shape index (κ3) is 4.49. The lowest BCUT2D eigenvalue weighted by Gasteiger charge is -2.21. The number of pyridine rings is 1. The van der Waals surface area contributed by atoms with Crippen molar-refractivity contribution in [2.24, 2.45) is 0 Å². The van der Waals surface area contributed by atoms with E-state index in [0.29, 0.717) is 4.47 Å². The Morgan fingerprint density at radius 3 is 2.55 bits per heavy atom. The number of rotatable bonds is 6. The van der Waals surface area contributed by atoms with Gasteiger partial charge < -0.3 is 9.29 Å². The lowest BCUT2D eigenvalue weighted by Crippen LogP contribution is -2.42. The van der Waals surface area contributed by atoms with Crippen molar-refractivity contribution in [3.05, 3.63) is 33.6 Å². The fraction of sp³-hybridized carbons (Fsp3) is 0.312. The van der Waals surface area contributed by atoms with Crippen LogP contribution in [0.4, 0.5) is 22.0 Å². The third-order valence-electron chi connectivity index (χ3n) is 4.08. The number of ether oxygens (including phenoxy) is 1. The van der Waals surface area contributed by atoms with E-state index in [9.17, 15) is 30.7 Å². The number of imidazole rings is 1. The molecule has 0 radical (unpaired) electrons. The van der Waals surface area contributed by atoms with Crippen LogP contribution in [0, 0.1) is 4.64 Å². The summed E-state index contributed by atoms with van der Waals surface area (Å²) in [6, 6.07) is 2.61. The normalized spacial score (nSPS) is 13.5. The average Bonchev–Trinajstić information content (AvgIpc) is 3.03. The smallest absolute Gasteiger partial charge is 0.456 e. The number of fused-ring (bicyclic) bond motifs is 1. The Morgan fingerprint density at radius 1 is 1.29 bits per heavy atom. The zero-order valence-electron chi connectivity index (χ0n) is 15.3. The molecule has 0 saturated carbocycles. The van der Waals surface area contributed by atoms with E-state index >= 15 is 0 Å². The van der Waals surface area contributed by atoms with E-state index in [1.807, 2.05) is 0 Å². The van der Waals surface area contributed by atoms with Crippen LogP contribution in [0.25, 0.3) is 16.9 Å². The summed E-state index contributed by atoms with van der Waals surface area (Å²) in [6.07, 6.45) is -3.31. The average molecular weight is 546 g/mol. The molecule has 0 bridgehead atoms. The quantitative estimate of drug-likeness (QED) is 0.257. The van der Waals surface area contributed by atoms with Crippen molar-refractivity contribution in [2.75, 3.05) is 6.61 Å². The van der Waals surface area contributed by atoms with Crippen molar-refractivity contribution in [1.29, 1.82) is 0 Å². The van der Waals surface area contributed by atoms with Gasteiger partial charge in [-0.15, -0.1) is 0 Å². The fourth-order valence-corrected chi connectivity index (χ4v) is 3.92. The molecule has 7 nitrogen and oxygen atoms in total. The molecule has 1 atom stereocenters. The van der Waals surface area contributed by atoms with E-state index in [0.717, 1.165) is 10.8 Å². The van der Waals surface area contributed by atoms with Gasteiger partial charge in [-0.2, -0.15) is 22.0 Å². The first-order valence-electron chi connectivity index (χ1n) is 8.31. The summed E-state index contributed by atoms with van der Waals surface area (Å²) in [6.45, 7) is -0.458. The maximum atomic E-state index is 13.2. The molecule has 0 spiro atoms. The SMILES string of the molecule is CCn1c(OCC(F)(F)C(F)(F)F)ncc(-c2nc3ccc(Br)cn3c2S(=O)[O-])c1=S. The molecule has 0 amide bonds. The zero-order chi connectivity index (χ0) is 23.1. The van der Waals surface area contributed by atoms with Crippen molar-refractivity contribution < 1.29 is 35.5 Å². The fourth-order valence-electron chi connectivity index (χ4n) is 2.60. The van der Waals surface area contributed by atoms with Gasteiger partial charge in [-0.1, -0.05) is 12.2 Å². The van der Waals surface area contributed by atoms with Gasteiger partial charge in [-0.05, 0) is 46.1 Å². The van der Waals surface area contributed by atoms with Crippen molar-refractivity contribution in [1.82, 2.24) is 18.9 Å². The molecule has 0 fully saturated rings. The van der Waals surface area contributed by atoms with Gasteiger partial charge >= 0.3 is 12.1 Å². The van der Waals surface area contributed by atoms with Crippen LogP contribution in [0.1, 0.15) is 6.92 Å². The first-order valence-corrected chi connectivity index (χ1v) is 10.6. The number of hydrogen-bond acceptors (Lipinski definition) is 6. The molecule has 0 aliphatic heterocycles. The lowest BCUT2D eigenvalue weighted by atomic mass is 10.2. The molecule has 0 aromatic carbocycles. The summed E-state index contributed by atoms with van der Waals surface area (Å²) >= 11 is 5.77. The first-order chi connectivity index (χ1) is 14.4. The highest BCUT2D eigenvalue weighted by Crippen LogP contribution is 2.36. The molecule has 3 heterocycles. The Labute approximate surface area is 187 Å². The second-order valence-electron chi connectivity index (χ2n) is 6.07. The van der Waals surface area contributed by atoms with Crippen LogP contribution >= 0.6 is 28.1 Å². The molecule has 168 valence electrons. The Morgan fingerprint density at radius 2 is 1.97 bits per heavy atom. The van der Waals surface area contributed by atoms with Gasteiger partial charge in [0.1, 0.15) is 21.0 Å². The summed E-state index contributed by atoms with van der Waals surface area (Å²) in [5.74, 6) is -5.10. The van der Waals surface area contributed by atoms with E-state index in [-0.39, 0.29) is 33.1 Å². The van der Waals surface area contributed by atoms with E-state index in [4.69, 9.17) is 12.2 Å². The van der Waals surface area contributed by atoms with E-state index in [1.165, 1.54) is 17.5 Å². The standard InChI is InChI=1S/C16H12BrF5N4O3S2/c1-2-25-12(30)9(5-23-14(25)29-7-15(18,19)16(20,21)22)11-13(31(27)28)26-6-8(17)3-4-10(26)24-11/h3-6H,2,7H2,1H3,(H,27,28)/p-1. The molecular formula is C16H11BrF5N4O3S2-. The van der Waals surface area contributed by atoms with Gasteiger partial charge in [-0.3, -0.25) is 13.2 Å². The van der Waals surface area contributed by atoms with Gasteiger partial charge in [0, 0.05) is 23.4 Å². The highest BCUT2D eigenvalue weighted by atomic mass is 79.9. The maximum absolute atomic E-state index is 13.2. The molecule has 0 N–H and O–H groups in total. The summed E-state index contributed by atoms with van der Waals surface area (Å²) in [4.78, 5) is 8.02. The summed E-state index contributed by atoms with van der Waals surface area (Å²) < 4.78 is 94.7. The molecule has 0 aliphatic rings. The van der Waals surface area contributed by atoms with Gasteiger partial charge in [0.15, 0.2) is 6.61 Å². The van der Waals surface area contributed by atoms with Crippen molar-refractivity contribution in [3.63, 3.8) is 0 Å². The van der Waals surface area contributed by atoms with Crippen LogP contribution in [-0.2, 0) is 17.6 Å². The predicted octanol–water partition coefficient (Wildman–Crippen LogP) is 4.52. The third-order valence-corrected chi connectivity index (χ3v) is 5.69. The van der Waals surface area contributed by atoms with Crippen molar-refractivity contribution in [2.45, 2.75) is 30.6 Å². The minimum absolute atomic E-state index is 0.00130. The van der Waals surface area contributed by atoms with Gasteiger partial charge in [0.05, 0.1) is 5.56 Å². The van der Waals surface area contributed by atoms with Crippen LogP contribution in [0.3, 0.4) is 0 Å². The lowest BCUT2D eigenvalue weighted by molar-refractivity contribution is -0.290. The maximum Gasteiger partial charge on any atom is 0.456 e. The number of alkyl halides is 5. The number of hydrogen-bond donors (Lipinski definition) is 0. The first kappa shape index (κ1) is 23.7. The number of aromatic nitrogens is 4. The van der Waals surface area contributed by atoms with Crippen LogP contribution in [0.15, 0.2) is 34.0 Å². The van der Waals surface area contributed by atoms with Gasteiger partial charge in [0.25, 0.3) is 6.01 Å². The van der Waals surface area contributed by atoms with Gasteiger partial charge in [0.2, 0.25) is 0 Å². The second-order valence-corrected chi connectivity index (χ2v) is 8.23. The Balaban J connectivity index is 2.10. The molecule has 0 saturated heterocycles.